The summed E-state index contributed by atoms with van der Waals surface area (Å²) in [5.41, 5.74) is 1.11. The van der Waals surface area contributed by atoms with Gasteiger partial charge in [-0.25, -0.2) is 0 Å². The number of aromatic nitrogens is 2. The van der Waals surface area contributed by atoms with Crippen molar-refractivity contribution in [3.8, 4) is 11.5 Å². The number of nitrogens with zero attached hydrogens (tertiary/aromatic N) is 2. The Bertz CT molecular complexity index is 1040. The van der Waals surface area contributed by atoms with Crippen LogP contribution in [0.25, 0.3) is 0 Å². The standard InChI is InChI=1S/C19H17BrN4O4S2/c1-27-14-8-7-13(9-15(14)28-2)21-16(25)10-29-19-24-23-18(30-19)22-17(26)11-3-5-12(20)6-4-11/h3-9H,10H2,1-2H3,(H,21,25)(H,22,23,26). The Kier molecular flexibility index (Phi) is 7.66. The van der Waals surface area contributed by atoms with Gasteiger partial charge in [0.25, 0.3) is 5.91 Å². The second-order valence-electron chi connectivity index (χ2n) is 5.74. The number of nitrogens with one attached hydrogen (secondary N) is 2. The van der Waals surface area contributed by atoms with Crippen LogP contribution in [-0.2, 0) is 4.79 Å². The second kappa shape index (κ2) is 10.4. The third-order valence-electron chi connectivity index (χ3n) is 3.73. The molecule has 0 saturated carbocycles. The van der Waals surface area contributed by atoms with Gasteiger partial charge in [0, 0.05) is 21.8 Å². The van der Waals surface area contributed by atoms with E-state index in [1.54, 1.807) is 49.6 Å². The average Bonchev–Trinajstić information content (AvgIpc) is 3.20. The Hall–Kier alpha value is -2.63. The van der Waals surface area contributed by atoms with Crippen molar-refractivity contribution in [2.75, 3.05) is 30.6 Å². The molecule has 3 aromatic rings. The van der Waals surface area contributed by atoms with Gasteiger partial charge in [0.1, 0.15) is 0 Å². The number of carbonyl (C=O) groups is 2. The number of anilines is 2. The minimum atomic E-state index is -0.276. The van der Waals surface area contributed by atoms with E-state index in [0.717, 1.165) is 4.47 Å². The van der Waals surface area contributed by atoms with E-state index in [9.17, 15) is 9.59 Å². The Labute approximate surface area is 189 Å². The lowest BCUT2D eigenvalue weighted by atomic mass is 10.2. The van der Waals surface area contributed by atoms with E-state index in [-0.39, 0.29) is 17.6 Å². The topological polar surface area (TPSA) is 102 Å². The highest BCUT2D eigenvalue weighted by atomic mass is 79.9. The van der Waals surface area contributed by atoms with Gasteiger partial charge in [0.15, 0.2) is 15.8 Å². The van der Waals surface area contributed by atoms with Gasteiger partial charge in [0.2, 0.25) is 11.0 Å². The second-order valence-corrected chi connectivity index (χ2v) is 8.86. The molecule has 11 heteroatoms. The summed E-state index contributed by atoms with van der Waals surface area (Å²) >= 11 is 5.76. The van der Waals surface area contributed by atoms with Crippen molar-refractivity contribution in [1.82, 2.24) is 10.2 Å². The van der Waals surface area contributed by atoms with E-state index in [0.29, 0.717) is 32.2 Å². The third kappa shape index (κ3) is 5.94. The van der Waals surface area contributed by atoms with Gasteiger partial charge in [0.05, 0.1) is 20.0 Å². The van der Waals surface area contributed by atoms with Crippen LogP contribution in [0.5, 0.6) is 11.5 Å². The van der Waals surface area contributed by atoms with Gasteiger partial charge in [-0.05, 0) is 36.4 Å². The Morgan fingerprint density at radius 2 is 1.77 bits per heavy atom. The number of methoxy groups -OCH3 is 2. The molecule has 0 radical (unpaired) electrons. The Morgan fingerprint density at radius 1 is 1.03 bits per heavy atom. The van der Waals surface area contributed by atoms with Crippen molar-refractivity contribution in [2.24, 2.45) is 0 Å². The van der Waals surface area contributed by atoms with Crippen molar-refractivity contribution in [1.29, 1.82) is 0 Å². The summed E-state index contributed by atoms with van der Waals surface area (Å²) in [4.78, 5) is 24.4. The minimum Gasteiger partial charge on any atom is -0.493 e. The molecule has 0 fully saturated rings. The van der Waals surface area contributed by atoms with Crippen molar-refractivity contribution in [3.05, 3.63) is 52.5 Å². The predicted octanol–water partition coefficient (Wildman–Crippen LogP) is 4.30. The lowest BCUT2D eigenvalue weighted by Crippen LogP contribution is -2.14. The summed E-state index contributed by atoms with van der Waals surface area (Å²) in [6.07, 6.45) is 0. The van der Waals surface area contributed by atoms with E-state index in [4.69, 9.17) is 9.47 Å². The lowest BCUT2D eigenvalue weighted by Gasteiger charge is -2.10. The zero-order valence-corrected chi connectivity index (χ0v) is 19.2. The number of ether oxygens (including phenoxy) is 2. The molecule has 3 rings (SSSR count). The average molecular weight is 509 g/mol. The molecule has 8 nitrogen and oxygen atoms in total. The number of hydrogen-bond donors (Lipinski definition) is 2. The zero-order valence-electron chi connectivity index (χ0n) is 16.0. The predicted molar refractivity (Wildman–Crippen MR) is 121 cm³/mol. The van der Waals surface area contributed by atoms with Crippen LogP contribution in [0.3, 0.4) is 0 Å². The molecule has 1 aromatic heterocycles. The molecule has 1 heterocycles. The van der Waals surface area contributed by atoms with Crippen molar-refractivity contribution in [3.63, 3.8) is 0 Å². The number of carbonyl (C=O) groups excluding carboxylic acids is 2. The van der Waals surface area contributed by atoms with Crippen LogP contribution in [0.15, 0.2) is 51.3 Å². The molecule has 0 bridgehead atoms. The first-order chi connectivity index (χ1) is 14.5. The van der Waals surface area contributed by atoms with Crippen LogP contribution >= 0.6 is 39.0 Å². The molecule has 156 valence electrons. The molecule has 0 aliphatic carbocycles. The van der Waals surface area contributed by atoms with Gasteiger partial charge in [-0.3, -0.25) is 14.9 Å². The van der Waals surface area contributed by atoms with Crippen LogP contribution in [0.4, 0.5) is 10.8 Å². The minimum absolute atomic E-state index is 0.142. The molecular weight excluding hydrogens is 492 g/mol. The first-order valence-electron chi connectivity index (χ1n) is 8.53. The lowest BCUT2D eigenvalue weighted by molar-refractivity contribution is -0.113. The molecule has 2 amide bonds. The van der Waals surface area contributed by atoms with Crippen LogP contribution in [0.1, 0.15) is 10.4 Å². The van der Waals surface area contributed by atoms with Gasteiger partial charge in [-0.2, -0.15) is 0 Å². The maximum absolute atomic E-state index is 12.2. The van der Waals surface area contributed by atoms with E-state index >= 15 is 0 Å². The third-order valence-corrected chi connectivity index (χ3v) is 6.23. The first-order valence-corrected chi connectivity index (χ1v) is 11.1. The number of amides is 2. The smallest absolute Gasteiger partial charge is 0.257 e. The van der Waals surface area contributed by atoms with Crippen molar-refractivity contribution in [2.45, 2.75) is 4.34 Å². The van der Waals surface area contributed by atoms with E-state index in [1.165, 1.54) is 30.2 Å². The number of halogens is 1. The number of hydrogen-bond acceptors (Lipinski definition) is 8. The molecule has 2 aromatic carbocycles. The molecule has 2 N–H and O–H groups in total. The van der Waals surface area contributed by atoms with Gasteiger partial charge >= 0.3 is 0 Å². The highest BCUT2D eigenvalue weighted by Crippen LogP contribution is 2.30. The fourth-order valence-corrected chi connectivity index (χ4v) is 4.14. The van der Waals surface area contributed by atoms with Gasteiger partial charge in [-0.1, -0.05) is 39.0 Å². The summed E-state index contributed by atoms with van der Waals surface area (Å²) in [5.74, 6) is 0.767. The Balaban J connectivity index is 1.52. The SMILES string of the molecule is COc1ccc(NC(=O)CSc2nnc(NC(=O)c3ccc(Br)cc3)s2)cc1OC. The largest absolute Gasteiger partial charge is 0.493 e. The maximum Gasteiger partial charge on any atom is 0.257 e. The zero-order chi connectivity index (χ0) is 21.5. The fourth-order valence-electron chi connectivity index (χ4n) is 2.33. The van der Waals surface area contributed by atoms with Crippen LogP contribution in [-0.4, -0.2) is 42.0 Å². The van der Waals surface area contributed by atoms with Crippen LogP contribution in [0, 0.1) is 0 Å². The van der Waals surface area contributed by atoms with Crippen LogP contribution in [0.2, 0.25) is 0 Å². The monoisotopic (exact) mass is 508 g/mol. The molecular formula is C19H17BrN4O4S2. The maximum atomic E-state index is 12.2. The summed E-state index contributed by atoms with van der Waals surface area (Å²) < 4.78 is 11.9. The first kappa shape index (κ1) is 22.1. The highest BCUT2D eigenvalue weighted by Gasteiger charge is 2.13. The summed E-state index contributed by atoms with van der Waals surface area (Å²) in [5, 5.41) is 13.8. The number of benzene rings is 2. The van der Waals surface area contributed by atoms with E-state index in [2.05, 4.69) is 36.8 Å². The molecule has 0 saturated heterocycles. The fraction of sp³-hybridized carbons (Fsp3) is 0.158. The highest BCUT2D eigenvalue weighted by molar-refractivity contribution is 9.10. The van der Waals surface area contributed by atoms with E-state index in [1.807, 2.05) is 0 Å². The summed E-state index contributed by atoms with van der Waals surface area (Å²) in [6.45, 7) is 0. The Morgan fingerprint density at radius 3 is 2.47 bits per heavy atom. The van der Waals surface area contributed by atoms with Gasteiger partial charge < -0.3 is 14.8 Å². The summed E-state index contributed by atoms with van der Waals surface area (Å²) in [7, 11) is 3.08. The molecule has 0 aliphatic rings. The number of thioether (sulfide) groups is 1. The molecule has 0 spiro atoms. The number of rotatable bonds is 8. The molecule has 0 unspecified atom stereocenters. The molecule has 0 aliphatic heterocycles. The van der Waals surface area contributed by atoms with Crippen molar-refractivity contribution < 1.29 is 19.1 Å². The van der Waals surface area contributed by atoms with Gasteiger partial charge in [-0.15, -0.1) is 10.2 Å². The van der Waals surface area contributed by atoms with Crippen molar-refractivity contribution >= 4 is 61.7 Å². The normalized spacial score (nSPS) is 10.4. The quantitative estimate of drug-likeness (QED) is 0.345. The molecule has 30 heavy (non-hydrogen) atoms. The van der Waals surface area contributed by atoms with E-state index < -0.39 is 0 Å². The van der Waals surface area contributed by atoms with Crippen LogP contribution < -0.4 is 20.1 Å². The summed E-state index contributed by atoms with van der Waals surface area (Å²) in [6, 6.07) is 12.1. The molecule has 0 atom stereocenters.